The molecular weight excluding hydrogens is 552 g/mol. The first-order valence-electron chi connectivity index (χ1n) is 12.4. The molecule has 0 amide bonds. The van der Waals surface area contributed by atoms with Crippen molar-refractivity contribution in [1.29, 1.82) is 0 Å². The van der Waals surface area contributed by atoms with E-state index in [0.717, 1.165) is 21.6 Å². The minimum atomic E-state index is -2.34. The molecule has 0 aliphatic rings. The van der Waals surface area contributed by atoms with Gasteiger partial charge in [0, 0.05) is 39.8 Å². The number of pyridine rings is 2. The molecule has 1 atom stereocenters. The standard InChI is InChI=1S/C28H37ClN4O2S2Si/c1-27(2,3)37(35)33-17-21-19(18-11-14-23(30)32-16-18)12-13-22(29)24(21)36-25-20(10-9-15-31-25)26(34)38(7,8)28(4,5)6/h9-16,33H,17H2,1-8H3,(H2,30,32). The highest BCUT2D eigenvalue weighted by Gasteiger charge is 2.43. The molecule has 1 unspecified atom stereocenters. The fourth-order valence-corrected chi connectivity index (χ4v) is 7.19. The highest BCUT2D eigenvalue weighted by atomic mass is 35.5. The number of rotatable bonds is 8. The molecular formula is C28H37ClN4O2S2Si. The number of nitrogens with zero attached hydrogens (tertiary/aromatic N) is 2. The summed E-state index contributed by atoms with van der Waals surface area (Å²) in [6.45, 7) is 16.6. The molecule has 2 heterocycles. The minimum Gasteiger partial charge on any atom is -0.598 e. The Labute approximate surface area is 239 Å². The molecule has 0 saturated heterocycles. The summed E-state index contributed by atoms with van der Waals surface area (Å²) in [5.74, 6) is 0.424. The summed E-state index contributed by atoms with van der Waals surface area (Å²) in [6, 6.07) is 11.1. The van der Waals surface area contributed by atoms with Crippen LogP contribution in [0.1, 0.15) is 57.5 Å². The number of halogens is 1. The zero-order chi connectivity index (χ0) is 28.5. The number of carbonyl (C=O) groups excluding carboxylic acids is 1. The van der Waals surface area contributed by atoms with Gasteiger partial charge in [-0.1, -0.05) is 63.3 Å². The lowest BCUT2D eigenvalue weighted by Crippen LogP contribution is -2.46. The first kappa shape index (κ1) is 30.7. The van der Waals surface area contributed by atoms with Crippen molar-refractivity contribution in [3.8, 4) is 11.1 Å². The quantitative estimate of drug-likeness (QED) is 0.210. The summed E-state index contributed by atoms with van der Waals surface area (Å²) < 4.78 is 15.6. The van der Waals surface area contributed by atoms with Crippen LogP contribution in [-0.4, -0.2) is 32.7 Å². The summed E-state index contributed by atoms with van der Waals surface area (Å²) in [7, 11) is -2.34. The lowest BCUT2D eigenvalue weighted by atomic mass is 10.0. The van der Waals surface area contributed by atoms with Gasteiger partial charge in [-0.15, -0.1) is 4.72 Å². The number of aromatic nitrogens is 2. The normalized spacial score (nSPS) is 13.4. The summed E-state index contributed by atoms with van der Waals surface area (Å²) in [5, 5.41) is 1.17. The fraction of sp³-hybridized carbons (Fsp3) is 0.393. The monoisotopic (exact) mass is 588 g/mol. The number of benzene rings is 1. The molecule has 0 saturated carbocycles. The van der Waals surface area contributed by atoms with E-state index in [1.54, 1.807) is 24.5 Å². The number of nitrogens with two attached hydrogens (primary N) is 1. The molecule has 3 aromatic rings. The Morgan fingerprint density at radius 2 is 1.79 bits per heavy atom. The lowest BCUT2D eigenvalue weighted by Gasteiger charge is -2.35. The predicted molar refractivity (Wildman–Crippen MR) is 164 cm³/mol. The van der Waals surface area contributed by atoms with Crippen LogP contribution in [0.3, 0.4) is 0 Å². The Bertz CT molecular complexity index is 1310. The SMILES string of the molecule is CC(C)(C)[S+]([O-])NCc1c(-c2ccc(N)nc2)ccc(Cl)c1Sc1ncccc1C(=O)[Si](C)(C)C(C)(C)C. The molecule has 3 rings (SSSR count). The first-order chi connectivity index (χ1) is 17.5. The van der Waals surface area contributed by atoms with Gasteiger partial charge in [0.1, 0.15) is 29.1 Å². The van der Waals surface area contributed by atoms with E-state index in [9.17, 15) is 9.35 Å². The average molecular weight is 589 g/mol. The molecule has 0 aliphatic heterocycles. The van der Waals surface area contributed by atoms with E-state index in [4.69, 9.17) is 17.3 Å². The first-order valence-corrected chi connectivity index (χ1v) is 17.7. The molecule has 0 fully saturated rings. The largest absolute Gasteiger partial charge is 0.598 e. The van der Waals surface area contributed by atoms with Crippen LogP contribution in [0.2, 0.25) is 23.2 Å². The van der Waals surface area contributed by atoms with Crippen molar-refractivity contribution in [2.24, 2.45) is 0 Å². The molecule has 1 aromatic carbocycles. The van der Waals surface area contributed by atoms with Crippen LogP contribution in [0.25, 0.3) is 11.1 Å². The Morgan fingerprint density at radius 3 is 2.37 bits per heavy atom. The molecule has 2 aromatic heterocycles. The van der Waals surface area contributed by atoms with Gasteiger partial charge < -0.3 is 10.3 Å². The van der Waals surface area contributed by atoms with Crippen molar-refractivity contribution in [3.63, 3.8) is 0 Å². The Morgan fingerprint density at radius 1 is 1.11 bits per heavy atom. The van der Waals surface area contributed by atoms with Crippen molar-refractivity contribution in [1.82, 2.24) is 14.7 Å². The van der Waals surface area contributed by atoms with E-state index in [1.807, 2.05) is 45.0 Å². The van der Waals surface area contributed by atoms with Crippen LogP contribution in [0.4, 0.5) is 5.82 Å². The molecule has 38 heavy (non-hydrogen) atoms. The average Bonchev–Trinajstić information content (AvgIpc) is 2.83. The third kappa shape index (κ3) is 6.81. The van der Waals surface area contributed by atoms with Gasteiger partial charge in [0.05, 0.1) is 11.6 Å². The number of carbonyl (C=O) groups is 1. The maximum Gasteiger partial charge on any atom is 0.143 e. The highest BCUT2D eigenvalue weighted by Crippen LogP contribution is 2.43. The Hall–Kier alpha value is -1.88. The maximum atomic E-state index is 13.8. The van der Waals surface area contributed by atoms with Gasteiger partial charge in [0.15, 0.2) is 0 Å². The van der Waals surface area contributed by atoms with E-state index < -0.39 is 24.2 Å². The summed E-state index contributed by atoms with van der Waals surface area (Å²) in [4.78, 5) is 23.5. The second kappa shape index (κ2) is 11.7. The van der Waals surface area contributed by atoms with Crippen LogP contribution < -0.4 is 10.5 Å². The fourth-order valence-electron chi connectivity index (χ4n) is 3.49. The number of hydrogen-bond donors (Lipinski definition) is 2. The summed E-state index contributed by atoms with van der Waals surface area (Å²) in [6.07, 6.45) is 3.41. The van der Waals surface area contributed by atoms with Gasteiger partial charge in [0.25, 0.3) is 0 Å². The van der Waals surface area contributed by atoms with Crippen molar-refractivity contribution < 1.29 is 9.35 Å². The minimum absolute atomic E-state index is 0.117. The number of nitrogens with one attached hydrogen (secondary N) is 1. The van der Waals surface area contributed by atoms with Crippen molar-refractivity contribution in [3.05, 3.63) is 64.9 Å². The molecule has 0 radical (unpaired) electrons. The Kier molecular flexibility index (Phi) is 9.44. The van der Waals surface area contributed by atoms with Crippen LogP contribution in [0.15, 0.2) is 58.7 Å². The molecule has 0 spiro atoms. The third-order valence-electron chi connectivity index (χ3n) is 6.90. The second-order valence-electron chi connectivity index (χ2n) is 11.7. The van der Waals surface area contributed by atoms with Gasteiger partial charge in [0.2, 0.25) is 0 Å². The maximum absolute atomic E-state index is 13.8. The highest BCUT2D eigenvalue weighted by molar-refractivity contribution is 7.99. The van der Waals surface area contributed by atoms with E-state index in [0.29, 0.717) is 28.0 Å². The zero-order valence-corrected chi connectivity index (χ0v) is 26.7. The number of nitrogen functional groups attached to an aromatic ring is 1. The van der Waals surface area contributed by atoms with Crippen molar-refractivity contribution in [2.75, 3.05) is 5.73 Å². The topological polar surface area (TPSA) is 104 Å². The van der Waals surface area contributed by atoms with Gasteiger partial charge in [-0.3, -0.25) is 4.79 Å². The predicted octanol–water partition coefficient (Wildman–Crippen LogP) is 7.31. The van der Waals surface area contributed by atoms with Crippen molar-refractivity contribution >= 4 is 54.0 Å². The second-order valence-corrected chi connectivity index (χ2v) is 20.4. The molecule has 3 N–H and O–H groups in total. The van der Waals surface area contributed by atoms with Crippen molar-refractivity contribution in [2.45, 2.75) is 80.9 Å². The number of anilines is 1. The summed E-state index contributed by atoms with van der Waals surface area (Å²) in [5.41, 5.74) is 9.03. The van der Waals surface area contributed by atoms with Crippen LogP contribution >= 0.6 is 23.4 Å². The van der Waals surface area contributed by atoms with E-state index >= 15 is 0 Å². The number of hydrogen-bond acceptors (Lipinski definition) is 7. The van der Waals surface area contributed by atoms with Gasteiger partial charge >= 0.3 is 0 Å². The van der Waals surface area contributed by atoms with Crippen LogP contribution in [-0.2, 0) is 17.9 Å². The third-order valence-corrected chi connectivity index (χ3v) is 15.2. The van der Waals surface area contributed by atoms with Crippen LogP contribution in [0.5, 0.6) is 0 Å². The van der Waals surface area contributed by atoms with E-state index in [-0.39, 0.29) is 10.4 Å². The van der Waals surface area contributed by atoms with Gasteiger partial charge in [-0.05, 0) is 67.3 Å². The van der Waals surface area contributed by atoms with Gasteiger partial charge in [-0.25, -0.2) is 9.97 Å². The van der Waals surface area contributed by atoms with Crippen LogP contribution in [0, 0.1) is 0 Å². The lowest BCUT2D eigenvalue weighted by molar-refractivity contribution is 0.106. The molecule has 204 valence electrons. The molecule has 6 nitrogen and oxygen atoms in total. The summed E-state index contributed by atoms with van der Waals surface area (Å²) >= 11 is 6.86. The Balaban J connectivity index is 2.14. The smallest absolute Gasteiger partial charge is 0.143 e. The van der Waals surface area contributed by atoms with E-state index in [1.165, 1.54) is 11.8 Å². The van der Waals surface area contributed by atoms with Gasteiger partial charge in [-0.2, -0.15) is 0 Å². The van der Waals surface area contributed by atoms with E-state index in [2.05, 4.69) is 48.6 Å². The molecule has 0 aliphatic carbocycles. The zero-order valence-electron chi connectivity index (χ0n) is 23.3. The molecule has 10 heteroatoms. The molecule has 0 bridgehead atoms.